The molecule has 1 N–H and O–H groups in total. The van der Waals surface area contributed by atoms with Crippen LogP contribution in [0.2, 0.25) is 0 Å². The van der Waals surface area contributed by atoms with E-state index in [2.05, 4.69) is 48.7 Å². The van der Waals surface area contributed by atoms with Crippen LogP contribution in [0.4, 0.5) is 11.6 Å². The topological polar surface area (TPSA) is 75.4 Å². The number of carbonyl (C=O) groups is 1. The number of nitrogens with zero attached hydrogens (tertiary/aromatic N) is 5. The van der Waals surface area contributed by atoms with Crippen molar-refractivity contribution in [3.63, 3.8) is 0 Å². The summed E-state index contributed by atoms with van der Waals surface area (Å²) in [4.78, 5) is 29.0. The van der Waals surface area contributed by atoms with E-state index in [0.717, 1.165) is 60.8 Å². The van der Waals surface area contributed by atoms with Crippen LogP contribution >= 0.6 is 0 Å². The first-order valence-electron chi connectivity index (χ1n) is 13.1. The van der Waals surface area contributed by atoms with Crippen molar-refractivity contribution in [2.24, 2.45) is 0 Å². The molecule has 4 heterocycles. The van der Waals surface area contributed by atoms with Crippen LogP contribution in [-0.4, -0.2) is 43.8 Å². The summed E-state index contributed by atoms with van der Waals surface area (Å²) < 4.78 is 2.03. The molecule has 0 bridgehead atoms. The number of pyridine rings is 1. The van der Waals surface area contributed by atoms with Gasteiger partial charge < -0.3 is 10.2 Å². The summed E-state index contributed by atoms with van der Waals surface area (Å²) >= 11 is 0. The third kappa shape index (κ3) is 6.08. The van der Waals surface area contributed by atoms with Crippen molar-refractivity contribution in [1.82, 2.24) is 19.4 Å². The number of rotatable bonds is 10. The molecule has 3 aromatic heterocycles. The predicted octanol–water partition coefficient (Wildman–Crippen LogP) is 6.97. The predicted molar refractivity (Wildman–Crippen MR) is 151 cm³/mol. The van der Waals surface area contributed by atoms with Crippen molar-refractivity contribution in [1.29, 1.82) is 0 Å². The molecule has 0 spiro atoms. The molecule has 3 aromatic rings. The van der Waals surface area contributed by atoms with E-state index in [9.17, 15) is 4.79 Å². The van der Waals surface area contributed by atoms with Gasteiger partial charge in [0.25, 0.3) is 0 Å². The number of fused-ring (bicyclic) bond motifs is 1. The molecule has 35 heavy (non-hydrogen) atoms. The second-order valence-electron chi connectivity index (χ2n) is 8.86. The van der Waals surface area contributed by atoms with Gasteiger partial charge in [-0.05, 0) is 50.3 Å². The molecule has 7 heteroatoms. The van der Waals surface area contributed by atoms with Gasteiger partial charge in [0.2, 0.25) is 0 Å². The number of ketones is 1. The van der Waals surface area contributed by atoms with Crippen molar-refractivity contribution >= 4 is 23.1 Å². The minimum Gasteiger partial charge on any atom is -0.367 e. The quantitative estimate of drug-likeness (QED) is 0.315. The maximum absolute atomic E-state index is 12.5. The average Bonchev–Trinajstić information content (AvgIpc) is 3.54. The molecule has 1 aliphatic rings. The molecular weight excluding hydrogens is 436 g/mol. The molecule has 0 unspecified atom stereocenters. The van der Waals surface area contributed by atoms with E-state index < -0.39 is 0 Å². The fourth-order valence-electron chi connectivity index (χ4n) is 4.53. The largest absolute Gasteiger partial charge is 0.367 e. The molecule has 1 aliphatic heterocycles. The molecule has 0 radical (unpaired) electrons. The van der Waals surface area contributed by atoms with Crippen LogP contribution in [0.5, 0.6) is 0 Å². The van der Waals surface area contributed by atoms with E-state index in [1.165, 1.54) is 18.9 Å². The molecule has 1 saturated heterocycles. The Hall–Kier alpha value is -3.22. The van der Waals surface area contributed by atoms with Crippen molar-refractivity contribution in [2.75, 3.05) is 16.8 Å². The van der Waals surface area contributed by atoms with E-state index in [-0.39, 0.29) is 16.1 Å². The lowest BCUT2D eigenvalue weighted by atomic mass is 10.1. The van der Waals surface area contributed by atoms with Crippen LogP contribution < -0.4 is 10.2 Å². The van der Waals surface area contributed by atoms with Gasteiger partial charge in [0.05, 0.1) is 12.2 Å². The molecule has 0 saturated carbocycles. The summed E-state index contributed by atoms with van der Waals surface area (Å²) in [6.07, 6.45) is 11.5. The van der Waals surface area contributed by atoms with Crippen molar-refractivity contribution in [3.05, 3.63) is 48.8 Å². The number of unbranched alkanes of at least 4 members (excludes halogenated alkanes) is 1. The zero-order chi connectivity index (χ0) is 25.4. The molecule has 4 rings (SSSR count). The number of aromatic nitrogens is 4. The Morgan fingerprint density at radius 3 is 2.83 bits per heavy atom. The average molecular weight is 483 g/mol. The summed E-state index contributed by atoms with van der Waals surface area (Å²) in [6.45, 7) is 15.0. The van der Waals surface area contributed by atoms with Gasteiger partial charge in [-0.3, -0.25) is 9.20 Å². The molecule has 0 amide bonds. The normalized spacial score (nSPS) is 16.0. The molecule has 1 fully saturated rings. The minimum atomic E-state index is -0.218. The zero-order valence-corrected chi connectivity index (χ0v) is 21.9. The molecule has 194 valence electrons. The minimum absolute atomic E-state index is 0. The summed E-state index contributed by atoms with van der Waals surface area (Å²) in [7, 11) is 0. The van der Waals surface area contributed by atoms with Gasteiger partial charge in [-0.15, -0.1) is 0 Å². The van der Waals surface area contributed by atoms with Crippen LogP contribution in [0.25, 0.3) is 17.2 Å². The Labute approximate surface area is 214 Å². The van der Waals surface area contributed by atoms with Gasteiger partial charge >= 0.3 is 0 Å². The summed E-state index contributed by atoms with van der Waals surface area (Å²) in [6, 6.07) is 6.16. The maximum atomic E-state index is 12.5. The van der Waals surface area contributed by atoms with Gasteiger partial charge in [0.15, 0.2) is 11.6 Å². The number of anilines is 2. The van der Waals surface area contributed by atoms with E-state index in [1.54, 1.807) is 0 Å². The highest BCUT2D eigenvalue weighted by Crippen LogP contribution is 2.30. The fourth-order valence-corrected chi connectivity index (χ4v) is 4.53. The van der Waals surface area contributed by atoms with E-state index in [4.69, 9.17) is 9.97 Å². The lowest BCUT2D eigenvalue weighted by Crippen LogP contribution is -2.36. The van der Waals surface area contributed by atoms with Gasteiger partial charge in [-0.25, -0.2) is 15.0 Å². The zero-order valence-electron chi connectivity index (χ0n) is 21.9. The lowest BCUT2D eigenvalue weighted by Gasteiger charge is -2.25. The highest BCUT2D eigenvalue weighted by molar-refractivity contribution is 5.96. The van der Waals surface area contributed by atoms with E-state index in [0.29, 0.717) is 11.9 Å². The third-order valence-corrected chi connectivity index (χ3v) is 6.42. The number of hydrogen-bond acceptors (Lipinski definition) is 6. The first kappa shape index (κ1) is 26.4. The molecule has 0 aromatic carbocycles. The van der Waals surface area contributed by atoms with Crippen LogP contribution in [0.15, 0.2) is 43.2 Å². The van der Waals surface area contributed by atoms with Crippen molar-refractivity contribution in [3.8, 4) is 11.5 Å². The number of carbonyl (C=O) groups excluding carboxylic acids is 1. The highest BCUT2D eigenvalue weighted by Gasteiger charge is 2.31. The van der Waals surface area contributed by atoms with Crippen LogP contribution in [0.1, 0.15) is 76.1 Å². The Kier molecular flexibility index (Phi) is 9.40. The standard InChI is InChI=1S/C26H34N6O.C2H6.3H2/c1-5-8-10-19(6-2)28-23-15-25(31-14-9-11-20(31)22(33)7-3)30-26(29-23)21-16-27-24-13-12-18(4)17-32(21)24;1-2;;;/h7,12-13,15-17,19-20H,3,5-6,8-11,14H2,1-2,4H3,(H,28,29,30);1-2H3;3*1H/t19-,20-;;;;/m0..../s1. The van der Waals surface area contributed by atoms with Gasteiger partial charge in [-0.1, -0.05) is 53.2 Å². The van der Waals surface area contributed by atoms with Gasteiger partial charge in [-0.2, -0.15) is 0 Å². The Morgan fingerprint density at radius 2 is 2.11 bits per heavy atom. The van der Waals surface area contributed by atoms with Crippen molar-refractivity contribution < 1.29 is 9.07 Å². The number of imidazole rings is 1. The molecule has 2 atom stereocenters. The van der Waals surface area contributed by atoms with Crippen LogP contribution in [0, 0.1) is 6.92 Å². The van der Waals surface area contributed by atoms with Gasteiger partial charge in [0, 0.05) is 29.1 Å². The first-order chi connectivity index (χ1) is 17.0. The maximum Gasteiger partial charge on any atom is 0.182 e. The number of nitrogens with one attached hydrogen (secondary N) is 1. The highest BCUT2D eigenvalue weighted by atomic mass is 16.1. The Morgan fingerprint density at radius 1 is 1.31 bits per heavy atom. The number of hydrogen-bond donors (Lipinski definition) is 1. The van der Waals surface area contributed by atoms with Crippen molar-refractivity contribution in [2.45, 2.75) is 85.2 Å². The molecule has 0 aliphatic carbocycles. The SMILES string of the molecule is C=CC(=O)[C@@H]1CCCN1c1cc(N[C@@H](CC)CCCC)nc(-c2cnc3ccc(C)cn23)n1.CC.[HH].[HH].[HH]. The van der Waals surface area contributed by atoms with Crippen LogP contribution in [-0.2, 0) is 4.79 Å². The summed E-state index contributed by atoms with van der Waals surface area (Å²) in [5.41, 5.74) is 2.83. The second-order valence-corrected chi connectivity index (χ2v) is 8.86. The lowest BCUT2D eigenvalue weighted by molar-refractivity contribution is -0.115. The summed E-state index contributed by atoms with van der Waals surface area (Å²) in [5.74, 6) is 2.21. The monoisotopic (exact) mass is 482 g/mol. The smallest absolute Gasteiger partial charge is 0.182 e. The van der Waals surface area contributed by atoms with E-state index >= 15 is 0 Å². The fraction of sp³-hybridized carbons (Fsp3) is 0.500. The Balaban J connectivity index is 0.00000267. The summed E-state index contributed by atoms with van der Waals surface area (Å²) in [5, 5.41) is 3.63. The Bertz CT molecular complexity index is 1150. The number of aryl methyl sites for hydroxylation is 1. The van der Waals surface area contributed by atoms with E-state index in [1.807, 2.05) is 42.6 Å². The van der Waals surface area contributed by atoms with Crippen LogP contribution in [0.3, 0.4) is 0 Å². The molecular formula is C28H46N6O. The molecule has 7 nitrogen and oxygen atoms in total. The first-order valence-corrected chi connectivity index (χ1v) is 13.1. The second kappa shape index (κ2) is 12.5. The van der Waals surface area contributed by atoms with Gasteiger partial charge in [0.1, 0.15) is 23.0 Å². The third-order valence-electron chi connectivity index (χ3n) is 6.42.